The van der Waals surface area contributed by atoms with Crippen LogP contribution in [0.1, 0.15) is 13.8 Å². The number of rotatable bonds is 12. The van der Waals surface area contributed by atoms with Crippen molar-refractivity contribution in [2.45, 2.75) is 62.7 Å². The van der Waals surface area contributed by atoms with E-state index in [9.17, 15) is 9.59 Å². The van der Waals surface area contributed by atoms with Crippen LogP contribution in [0.5, 0.6) is 0 Å². The molecule has 17 heteroatoms. The van der Waals surface area contributed by atoms with Crippen LogP contribution in [0, 0.1) is 0 Å². The van der Waals surface area contributed by atoms with Gasteiger partial charge in [-0.3, -0.25) is 9.59 Å². The largest absolute Gasteiger partial charge is 0.394 e. The summed E-state index contributed by atoms with van der Waals surface area (Å²) in [5, 5.41) is 91.0. The molecule has 0 spiro atoms. The second-order valence-corrected chi connectivity index (χ2v) is 6.11. The van der Waals surface area contributed by atoms with E-state index in [1.807, 2.05) is 0 Å². The summed E-state index contributed by atoms with van der Waals surface area (Å²) < 4.78 is 0. The molecular formula is C16H43N5O12. The number of hydrogen-bond acceptors (Lipinski definition) is 15. The highest BCUT2D eigenvalue weighted by Gasteiger charge is 2.33. The van der Waals surface area contributed by atoms with Gasteiger partial charge in [0.1, 0.15) is 36.6 Å². The fourth-order valence-electron chi connectivity index (χ4n) is 1.63. The van der Waals surface area contributed by atoms with Crippen molar-refractivity contribution in [2.24, 2.45) is 11.5 Å². The van der Waals surface area contributed by atoms with Crippen molar-refractivity contribution in [3.05, 3.63) is 0 Å². The molecule has 2 amide bonds. The number of hydrogen-bond donors (Lipinski definition) is 15. The number of aliphatic hydroxyl groups is 10. The molecule has 0 bridgehead atoms. The van der Waals surface area contributed by atoms with E-state index in [2.05, 4.69) is 30.6 Å². The molecule has 0 saturated heterocycles. The molecule has 204 valence electrons. The van der Waals surface area contributed by atoms with Gasteiger partial charge >= 0.3 is 0 Å². The Morgan fingerprint density at radius 3 is 1.00 bits per heavy atom. The first-order valence-corrected chi connectivity index (χ1v) is 9.20. The number of carbonyl (C=O) groups is 2. The molecular weight excluding hydrogens is 454 g/mol. The molecule has 0 unspecified atom stereocenters. The van der Waals surface area contributed by atoms with Crippen molar-refractivity contribution in [1.82, 2.24) is 17.6 Å². The Labute approximate surface area is 191 Å². The number of nitrogens with one attached hydrogen (secondary N) is 1. The van der Waals surface area contributed by atoms with E-state index >= 15 is 0 Å². The lowest BCUT2D eigenvalue weighted by molar-refractivity contribution is -0.146. The van der Waals surface area contributed by atoms with E-state index in [0.717, 1.165) is 13.1 Å². The van der Waals surface area contributed by atoms with Crippen LogP contribution in [-0.2, 0) is 9.59 Å². The van der Waals surface area contributed by atoms with Crippen LogP contribution in [0.4, 0.5) is 0 Å². The van der Waals surface area contributed by atoms with Gasteiger partial charge in [0.15, 0.2) is 12.2 Å². The van der Waals surface area contributed by atoms with Crippen LogP contribution in [-0.4, -0.2) is 138 Å². The van der Waals surface area contributed by atoms with Gasteiger partial charge in [0.25, 0.3) is 0 Å². The van der Waals surface area contributed by atoms with Gasteiger partial charge in [-0.2, -0.15) is 0 Å². The summed E-state index contributed by atoms with van der Waals surface area (Å²) in [6.45, 7) is 4.79. The maximum absolute atomic E-state index is 10.3. The van der Waals surface area contributed by atoms with E-state index in [1.54, 1.807) is 0 Å². The van der Waals surface area contributed by atoms with E-state index in [1.165, 1.54) is 0 Å². The summed E-state index contributed by atoms with van der Waals surface area (Å²) in [6.07, 6.45) is -14.7. The van der Waals surface area contributed by atoms with Crippen LogP contribution in [0.3, 0.4) is 0 Å². The highest BCUT2D eigenvalue weighted by Crippen LogP contribution is 2.05. The zero-order chi connectivity index (χ0) is 25.3. The first kappa shape index (κ1) is 41.7. The van der Waals surface area contributed by atoms with Crippen LogP contribution < -0.4 is 29.1 Å². The van der Waals surface area contributed by atoms with E-state index in [4.69, 9.17) is 51.1 Å². The normalized spacial score (nSPS) is 17.3. The number of carbonyl (C=O) groups excluding carboxylic acids is 2. The lowest BCUT2D eigenvalue weighted by Crippen LogP contribution is -2.50. The quantitative estimate of drug-likeness (QED) is 0.119. The van der Waals surface area contributed by atoms with Crippen molar-refractivity contribution >= 4 is 11.8 Å². The van der Waals surface area contributed by atoms with Crippen LogP contribution in [0.25, 0.3) is 0 Å². The van der Waals surface area contributed by atoms with Crippen molar-refractivity contribution in [3.63, 3.8) is 0 Å². The van der Waals surface area contributed by atoms with Gasteiger partial charge in [-0.25, -0.2) is 0 Å². The summed E-state index contributed by atoms with van der Waals surface area (Å²) in [7, 11) is 0. The van der Waals surface area contributed by atoms with Crippen molar-refractivity contribution < 1.29 is 60.7 Å². The SMILES string of the molecule is CCNCC.N.N.NC(=O)[C@H](O)[C@@H](O)[C@H](O)[C@H](O)CO.NC(=O)[C@H](O)[C@@H](O)[C@H](O)[C@H](O)CO. The zero-order valence-electron chi connectivity index (χ0n) is 18.8. The van der Waals surface area contributed by atoms with Crippen LogP contribution in [0.2, 0.25) is 0 Å². The maximum atomic E-state index is 10.3. The van der Waals surface area contributed by atoms with Crippen LogP contribution in [0.15, 0.2) is 0 Å². The molecule has 0 aromatic carbocycles. The number of primary amides is 2. The fraction of sp³-hybridized carbons (Fsp3) is 0.875. The third-order valence-electron chi connectivity index (χ3n) is 3.59. The smallest absolute Gasteiger partial charge is 0.249 e. The van der Waals surface area contributed by atoms with Gasteiger partial charge in [-0.05, 0) is 13.1 Å². The second kappa shape index (κ2) is 23.6. The summed E-state index contributed by atoms with van der Waals surface area (Å²) in [6, 6.07) is 0. The Bertz CT molecular complexity index is 439. The lowest BCUT2D eigenvalue weighted by atomic mass is 10.0. The molecule has 0 aliphatic carbocycles. The predicted octanol–water partition coefficient (Wildman–Crippen LogP) is -7.25. The summed E-state index contributed by atoms with van der Waals surface area (Å²) >= 11 is 0. The molecule has 17 nitrogen and oxygen atoms in total. The molecule has 0 radical (unpaired) electrons. The van der Waals surface area contributed by atoms with Crippen LogP contribution >= 0.6 is 0 Å². The molecule has 21 N–H and O–H groups in total. The highest BCUT2D eigenvalue weighted by atomic mass is 16.4. The third kappa shape index (κ3) is 18.5. The minimum Gasteiger partial charge on any atom is -0.394 e. The predicted molar refractivity (Wildman–Crippen MR) is 115 cm³/mol. The first-order chi connectivity index (χ1) is 14.2. The van der Waals surface area contributed by atoms with Gasteiger partial charge in [0, 0.05) is 0 Å². The molecule has 8 atom stereocenters. The standard InChI is InChI=1S/2C6H13NO6.C4H11N.2H3N/c2*7-6(13)5(12)4(11)3(10)2(9)1-8;1-3-5-4-2;;/h2*2-5,8-12H,1H2,(H2,7,13);5H,3-4H2,1-2H3;2*1H3/t2*2-,3-,4+,5-;;;/m11.../s1. The first-order valence-electron chi connectivity index (χ1n) is 9.20. The molecule has 0 aliphatic rings. The maximum Gasteiger partial charge on any atom is 0.249 e. The monoisotopic (exact) mass is 497 g/mol. The Kier molecular flexibility index (Phi) is 29.8. The molecule has 0 aliphatic heterocycles. The molecule has 0 aromatic rings. The van der Waals surface area contributed by atoms with Gasteiger partial charge < -0.3 is 80.2 Å². The van der Waals surface area contributed by atoms with Crippen molar-refractivity contribution in [3.8, 4) is 0 Å². The Hall–Kier alpha value is -1.58. The molecule has 0 rings (SSSR count). The van der Waals surface area contributed by atoms with Crippen molar-refractivity contribution in [2.75, 3.05) is 26.3 Å². The molecule has 0 fully saturated rings. The summed E-state index contributed by atoms with van der Waals surface area (Å²) in [4.78, 5) is 20.6. The van der Waals surface area contributed by atoms with Gasteiger partial charge in [0.05, 0.1) is 13.2 Å². The summed E-state index contributed by atoms with van der Waals surface area (Å²) in [5.41, 5.74) is 9.22. The third-order valence-corrected chi connectivity index (χ3v) is 3.59. The van der Waals surface area contributed by atoms with Gasteiger partial charge in [-0.15, -0.1) is 0 Å². The van der Waals surface area contributed by atoms with E-state index < -0.39 is 73.9 Å². The Morgan fingerprint density at radius 1 is 0.636 bits per heavy atom. The topological polar surface area (TPSA) is 371 Å². The molecule has 33 heavy (non-hydrogen) atoms. The molecule has 0 heterocycles. The minimum atomic E-state index is -1.98. The average molecular weight is 498 g/mol. The van der Waals surface area contributed by atoms with E-state index in [-0.39, 0.29) is 12.3 Å². The van der Waals surface area contributed by atoms with E-state index in [0.29, 0.717) is 0 Å². The Balaban J connectivity index is -0.000000125. The number of aliphatic hydroxyl groups excluding tert-OH is 10. The molecule has 0 aromatic heterocycles. The minimum absolute atomic E-state index is 0. The van der Waals surface area contributed by atoms with Gasteiger partial charge in [0.2, 0.25) is 11.8 Å². The Morgan fingerprint density at radius 2 is 0.879 bits per heavy atom. The zero-order valence-corrected chi connectivity index (χ0v) is 18.8. The molecule has 0 saturated carbocycles. The average Bonchev–Trinajstić information content (AvgIpc) is 2.75. The second-order valence-electron chi connectivity index (χ2n) is 6.11. The number of nitrogens with two attached hydrogens (primary N) is 2. The highest BCUT2D eigenvalue weighted by molar-refractivity contribution is 5.79. The summed E-state index contributed by atoms with van der Waals surface area (Å²) in [5.74, 6) is -2.45. The lowest BCUT2D eigenvalue weighted by Gasteiger charge is -2.23. The number of amides is 2. The van der Waals surface area contributed by atoms with Crippen molar-refractivity contribution in [1.29, 1.82) is 0 Å². The van der Waals surface area contributed by atoms with Gasteiger partial charge in [-0.1, -0.05) is 13.8 Å². The fourth-order valence-corrected chi connectivity index (χ4v) is 1.63.